The number of likely N-dealkylation sites (N-methyl/N-ethyl adjacent to an activating group) is 1. The first-order valence-corrected chi connectivity index (χ1v) is 5.66. The van der Waals surface area contributed by atoms with Gasteiger partial charge in [-0.25, -0.2) is 0 Å². The number of aryl methyl sites for hydroxylation is 1. The lowest BCUT2D eigenvalue weighted by molar-refractivity contribution is -0.128. The molecule has 94 valence electrons. The Morgan fingerprint density at radius 3 is 2.71 bits per heavy atom. The number of amides is 1. The molecule has 0 bridgehead atoms. The summed E-state index contributed by atoms with van der Waals surface area (Å²) in [4.78, 5) is 12.9. The van der Waals surface area contributed by atoms with E-state index in [0.29, 0.717) is 6.54 Å². The summed E-state index contributed by atoms with van der Waals surface area (Å²) in [7, 11) is 3.43. The maximum atomic E-state index is 11.3. The Morgan fingerprint density at radius 1 is 1.47 bits per heavy atom. The number of rotatable bonds is 5. The van der Waals surface area contributed by atoms with Crippen molar-refractivity contribution in [2.45, 2.75) is 13.3 Å². The van der Waals surface area contributed by atoms with Crippen molar-refractivity contribution in [2.75, 3.05) is 27.2 Å². The lowest BCUT2D eigenvalue weighted by Crippen LogP contribution is -2.34. The second-order valence-electron chi connectivity index (χ2n) is 4.07. The van der Waals surface area contributed by atoms with Gasteiger partial charge in [0.05, 0.1) is 13.7 Å². The summed E-state index contributed by atoms with van der Waals surface area (Å²) in [5.74, 6) is 0.857. The van der Waals surface area contributed by atoms with Gasteiger partial charge in [0, 0.05) is 13.6 Å². The summed E-state index contributed by atoms with van der Waals surface area (Å²) in [6.07, 6.45) is 0.826. The van der Waals surface area contributed by atoms with Crippen molar-refractivity contribution in [3.63, 3.8) is 0 Å². The topological polar surface area (TPSA) is 55.6 Å². The van der Waals surface area contributed by atoms with Gasteiger partial charge in [-0.05, 0) is 30.5 Å². The van der Waals surface area contributed by atoms with Crippen molar-refractivity contribution in [3.8, 4) is 5.75 Å². The minimum Gasteiger partial charge on any atom is -0.496 e. The molecular formula is C13H20N2O2. The predicted octanol–water partition coefficient (Wildman–Crippen LogP) is 0.963. The third-order valence-corrected chi connectivity index (χ3v) is 2.80. The molecule has 0 saturated heterocycles. The molecule has 4 heteroatoms. The van der Waals surface area contributed by atoms with Gasteiger partial charge in [-0.1, -0.05) is 12.1 Å². The third-order valence-electron chi connectivity index (χ3n) is 2.80. The van der Waals surface area contributed by atoms with Crippen LogP contribution < -0.4 is 10.5 Å². The molecule has 0 radical (unpaired) electrons. The van der Waals surface area contributed by atoms with Crippen LogP contribution in [0.1, 0.15) is 11.1 Å². The van der Waals surface area contributed by atoms with Crippen LogP contribution in [0.25, 0.3) is 0 Å². The van der Waals surface area contributed by atoms with Crippen molar-refractivity contribution in [1.29, 1.82) is 0 Å². The van der Waals surface area contributed by atoms with Crippen LogP contribution in [0.15, 0.2) is 18.2 Å². The molecule has 0 atom stereocenters. The van der Waals surface area contributed by atoms with E-state index in [-0.39, 0.29) is 12.5 Å². The molecule has 0 aliphatic heterocycles. The predicted molar refractivity (Wildman–Crippen MR) is 68.1 cm³/mol. The molecule has 0 aliphatic rings. The average molecular weight is 236 g/mol. The maximum Gasteiger partial charge on any atom is 0.236 e. The average Bonchev–Trinajstić information content (AvgIpc) is 2.35. The third kappa shape index (κ3) is 3.75. The zero-order valence-electron chi connectivity index (χ0n) is 10.7. The van der Waals surface area contributed by atoms with E-state index in [0.717, 1.165) is 17.7 Å². The highest BCUT2D eigenvalue weighted by atomic mass is 16.5. The largest absolute Gasteiger partial charge is 0.496 e. The maximum absolute atomic E-state index is 11.3. The summed E-state index contributed by atoms with van der Waals surface area (Å²) in [5.41, 5.74) is 7.60. The number of benzene rings is 1. The minimum atomic E-state index is -0.0322. The van der Waals surface area contributed by atoms with Crippen LogP contribution in [-0.4, -0.2) is 38.1 Å². The van der Waals surface area contributed by atoms with Gasteiger partial charge in [0.2, 0.25) is 5.91 Å². The number of ether oxygens (including phenoxy) is 1. The lowest BCUT2D eigenvalue weighted by atomic mass is 10.1. The van der Waals surface area contributed by atoms with Gasteiger partial charge in [0.25, 0.3) is 0 Å². The van der Waals surface area contributed by atoms with Crippen LogP contribution in [0.4, 0.5) is 0 Å². The molecule has 0 unspecified atom stereocenters. The van der Waals surface area contributed by atoms with Crippen molar-refractivity contribution >= 4 is 5.91 Å². The first-order chi connectivity index (χ1) is 8.08. The normalized spacial score (nSPS) is 10.1. The van der Waals surface area contributed by atoms with Crippen molar-refractivity contribution < 1.29 is 9.53 Å². The molecule has 17 heavy (non-hydrogen) atoms. The number of carbonyl (C=O) groups is 1. The molecule has 0 spiro atoms. The lowest BCUT2D eigenvalue weighted by Gasteiger charge is -2.16. The van der Waals surface area contributed by atoms with E-state index in [9.17, 15) is 4.79 Å². The van der Waals surface area contributed by atoms with Gasteiger partial charge >= 0.3 is 0 Å². The highest BCUT2D eigenvalue weighted by Gasteiger charge is 2.06. The molecule has 1 aromatic rings. The van der Waals surface area contributed by atoms with Crippen molar-refractivity contribution in [2.24, 2.45) is 5.73 Å². The van der Waals surface area contributed by atoms with E-state index in [1.165, 1.54) is 5.56 Å². The quantitative estimate of drug-likeness (QED) is 0.828. The van der Waals surface area contributed by atoms with E-state index in [1.807, 2.05) is 19.1 Å². The molecule has 1 rings (SSSR count). The second-order valence-corrected chi connectivity index (χ2v) is 4.07. The van der Waals surface area contributed by atoms with Gasteiger partial charge in [-0.2, -0.15) is 0 Å². The fourth-order valence-corrected chi connectivity index (χ4v) is 1.67. The Labute approximate surface area is 102 Å². The Bertz CT molecular complexity index is 391. The van der Waals surface area contributed by atoms with Crippen molar-refractivity contribution in [1.82, 2.24) is 4.90 Å². The van der Waals surface area contributed by atoms with Gasteiger partial charge < -0.3 is 15.4 Å². The molecule has 1 amide bonds. The minimum absolute atomic E-state index is 0.0322. The fraction of sp³-hybridized carbons (Fsp3) is 0.462. The Morgan fingerprint density at radius 2 is 2.18 bits per heavy atom. The SMILES string of the molecule is COc1ccc(CCN(C)C(=O)CN)cc1C. The van der Waals surface area contributed by atoms with Gasteiger partial charge in [-0.15, -0.1) is 0 Å². The highest BCUT2D eigenvalue weighted by molar-refractivity contribution is 5.77. The van der Waals surface area contributed by atoms with Crippen LogP contribution in [-0.2, 0) is 11.2 Å². The Kier molecular flexibility index (Phi) is 4.97. The smallest absolute Gasteiger partial charge is 0.236 e. The monoisotopic (exact) mass is 236 g/mol. The van der Waals surface area contributed by atoms with E-state index in [2.05, 4.69) is 6.07 Å². The van der Waals surface area contributed by atoms with Crippen LogP contribution >= 0.6 is 0 Å². The highest BCUT2D eigenvalue weighted by Crippen LogP contribution is 2.18. The molecule has 4 nitrogen and oxygen atoms in total. The van der Waals surface area contributed by atoms with Gasteiger partial charge in [0.1, 0.15) is 5.75 Å². The summed E-state index contributed by atoms with van der Waals surface area (Å²) in [6, 6.07) is 6.06. The molecule has 0 fully saturated rings. The molecule has 2 N–H and O–H groups in total. The van der Waals surface area contributed by atoms with Gasteiger partial charge in [0.15, 0.2) is 0 Å². The molecular weight excluding hydrogens is 216 g/mol. The zero-order chi connectivity index (χ0) is 12.8. The first kappa shape index (κ1) is 13.5. The first-order valence-electron chi connectivity index (χ1n) is 5.66. The van der Waals surface area contributed by atoms with Crippen LogP contribution in [0, 0.1) is 6.92 Å². The molecule has 0 heterocycles. The summed E-state index contributed by atoms with van der Waals surface area (Å²) >= 11 is 0. The van der Waals surface area contributed by atoms with Gasteiger partial charge in [-0.3, -0.25) is 4.79 Å². The second kappa shape index (κ2) is 6.25. The molecule has 0 aromatic heterocycles. The Balaban J connectivity index is 2.58. The van der Waals surface area contributed by atoms with Crippen LogP contribution in [0.5, 0.6) is 5.75 Å². The van der Waals surface area contributed by atoms with E-state index in [1.54, 1.807) is 19.1 Å². The number of hydrogen-bond donors (Lipinski definition) is 1. The molecule has 1 aromatic carbocycles. The molecule has 0 aliphatic carbocycles. The van der Waals surface area contributed by atoms with E-state index in [4.69, 9.17) is 10.5 Å². The number of methoxy groups -OCH3 is 1. The summed E-state index contributed by atoms with van der Waals surface area (Å²) < 4.78 is 5.20. The fourth-order valence-electron chi connectivity index (χ4n) is 1.67. The zero-order valence-corrected chi connectivity index (χ0v) is 10.7. The number of hydrogen-bond acceptors (Lipinski definition) is 3. The van der Waals surface area contributed by atoms with E-state index >= 15 is 0 Å². The standard InChI is InChI=1S/C13H20N2O2/c1-10-8-11(4-5-12(10)17-3)6-7-15(2)13(16)9-14/h4-5,8H,6-7,9,14H2,1-3H3. The van der Waals surface area contributed by atoms with E-state index < -0.39 is 0 Å². The Hall–Kier alpha value is -1.55. The van der Waals surface area contributed by atoms with Crippen molar-refractivity contribution in [3.05, 3.63) is 29.3 Å². The number of nitrogens with zero attached hydrogens (tertiary/aromatic N) is 1. The number of carbonyl (C=O) groups excluding carboxylic acids is 1. The van der Waals surface area contributed by atoms with Crippen LogP contribution in [0.2, 0.25) is 0 Å². The summed E-state index contributed by atoms with van der Waals surface area (Å²) in [5, 5.41) is 0. The van der Waals surface area contributed by atoms with Crippen LogP contribution in [0.3, 0.4) is 0 Å². The summed E-state index contributed by atoms with van der Waals surface area (Å²) in [6.45, 7) is 2.76. The molecule has 0 saturated carbocycles. The number of nitrogens with two attached hydrogens (primary N) is 1.